The quantitative estimate of drug-likeness (QED) is 0.284. The van der Waals surface area contributed by atoms with Gasteiger partial charge in [-0.05, 0) is 55.0 Å². The van der Waals surface area contributed by atoms with Gasteiger partial charge in [-0.3, -0.25) is 4.79 Å². The number of rotatable bonds is 8. The van der Waals surface area contributed by atoms with Crippen molar-refractivity contribution in [2.45, 2.75) is 18.4 Å². The number of carbonyl (C=O) groups excluding carboxylic acids is 1. The Labute approximate surface area is 216 Å². The molecule has 178 valence electrons. The van der Waals surface area contributed by atoms with Crippen molar-refractivity contribution >= 4 is 61.3 Å². The van der Waals surface area contributed by atoms with Crippen LogP contribution in [0.2, 0.25) is 10.0 Å². The zero-order valence-corrected chi connectivity index (χ0v) is 21.8. The van der Waals surface area contributed by atoms with Crippen LogP contribution >= 0.6 is 39.1 Å². The number of aryl methyl sites for hydroxylation is 1. The molecule has 0 aromatic heterocycles. The molecule has 3 aromatic rings. The predicted octanol–water partition coefficient (Wildman–Crippen LogP) is 5.11. The SMILES string of the molecule is Cc1ccc(S(=O)(=O)N(CC(=O)N/N=C\c2cc(Br)ccc2O)Cc2ccc(Cl)cc2Cl)cc1. The Hall–Kier alpha value is -2.43. The van der Waals surface area contributed by atoms with E-state index in [2.05, 4.69) is 26.5 Å². The van der Waals surface area contributed by atoms with Gasteiger partial charge in [-0.1, -0.05) is 62.9 Å². The average Bonchev–Trinajstić information content (AvgIpc) is 2.77. The van der Waals surface area contributed by atoms with Gasteiger partial charge in [-0.2, -0.15) is 9.41 Å². The molecule has 11 heteroatoms. The van der Waals surface area contributed by atoms with Gasteiger partial charge in [0.1, 0.15) is 5.75 Å². The number of phenolic OH excluding ortho intramolecular Hbond substituents is 1. The summed E-state index contributed by atoms with van der Waals surface area (Å²) in [5.41, 5.74) is 4.04. The van der Waals surface area contributed by atoms with Gasteiger partial charge < -0.3 is 5.11 Å². The Bertz CT molecular complexity index is 1330. The molecule has 0 heterocycles. The van der Waals surface area contributed by atoms with Crippen LogP contribution in [0.1, 0.15) is 16.7 Å². The fourth-order valence-electron chi connectivity index (χ4n) is 2.92. The second kappa shape index (κ2) is 11.3. The van der Waals surface area contributed by atoms with Crippen molar-refractivity contribution in [2.24, 2.45) is 5.10 Å². The van der Waals surface area contributed by atoms with Crippen LogP contribution in [0.3, 0.4) is 0 Å². The van der Waals surface area contributed by atoms with Crippen LogP contribution in [0.5, 0.6) is 5.75 Å². The predicted molar refractivity (Wildman–Crippen MR) is 137 cm³/mol. The highest BCUT2D eigenvalue weighted by Crippen LogP contribution is 2.25. The summed E-state index contributed by atoms with van der Waals surface area (Å²) >= 11 is 15.5. The number of halogens is 3. The molecular weight excluding hydrogens is 565 g/mol. The van der Waals surface area contributed by atoms with Crippen molar-refractivity contribution in [2.75, 3.05) is 6.54 Å². The van der Waals surface area contributed by atoms with Crippen LogP contribution in [0, 0.1) is 6.92 Å². The van der Waals surface area contributed by atoms with Gasteiger partial charge in [-0.25, -0.2) is 13.8 Å². The minimum Gasteiger partial charge on any atom is -0.507 e. The average molecular weight is 585 g/mol. The maximum Gasteiger partial charge on any atom is 0.255 e. The number of carbonyl (C=O) groups is 1. The topological polar surface area (TPSA) is 99.1 Å². The van der Waals surface area contributed by atoms with Gasteiger partial charge in [0.25, 0.3) is 5.91 Å². The van der Waals surface area contributed by atoms with Crippen molar-refractivity contribution in [3.8, 4) is 5.75 Å². The Kier molecular flexibility index (Phi) is 8.72. The molecule has 0 atom stereocenters. The highest BCUT2D eigenvalue weighted by Gasteiger charge is 2.27. The van der Waals surface area contributed by atoms with Crippen molar-refractivity contribution in [3.05, 3.63) is 91.9 Å². The smallest absolute Gasteiger partial charge is 0.255 e. The largest absolute Gasteiger partial charge is 0.507 e. The number of hydrogen-bond donors (Lipinski definition) is 2. The zero-order chi connectivity index (χ0) is 24.9. The Morgan fingerprint density at radius 3 is 2.50 bits per heavy atom. The van der Waals surface area contributed by atoms with Crippen LogP contribution in [0.25, 0.3) is 0 Å². The molecule has 3 rings (SSSR count). The number of nitrogens with zero attached hydrogens (tertiary/aromatic N) is 2. The van der Waals surface area contributed by atoms with Gasteiger partial charge in [0, 0.05) is 26.6 Å². The summed E-state index contributed by atoms with van der Waals surface area (Å²) in [5, 5.41) is 14.4. The number of hydrogen-bond acceptors (Lipinski definition) is 5. The summed E-state index contributed by atoms with van der Waals surface area (Å²) in [4.78, 5) is 12.6. The minimum absolute atomic E-state index is 0.0258. The monoisotopic (exact) mass is 583 g/mol. The standard InChI is InChI=1S/C23H20BrCl2N3O4S/c1-15-2-7-20(8-3-15)34(32,33)29(13-16-4-6-19(25)11-21(16)26)14-23(31)28-27-12-17-10-18(24)5-9-22(17)30/h2-12,30H,13-14H2,1H3,(H,28,31)/b27-12-. The van der Waals surface area contributed by atoms with Crippen molar-refractivity contribution in [3.63, 3.8) is 0 Å². The van der Waals surface area contributed by atoms with Crippen LogP contribution in [0.4, 0.5) is 0 Å². The molecule has 34 heavy (non-hydrogen) atoms. The molecular formula is C23H20BrCl2N3O4S. The molecule has 0 aliphatic carbocycles. The number of aromatic hydroxyl groups is 1. The lowest BCUT2D eigenvalue weighted by atomic mass is 10.2. The third kappa shape index (κ3) is 6.80. The second-order valence-corrected chi connectivity index (χ2v) is 11.0. The molecule has 0 spiro atoms. The van der Waals surface area contributed by atoms with Gasteiger partial charge in [-0.15, -0.1) is 0 Å². The number of nitrogens with one attached hydrogen (secondary N) is 1. The summed E-state index contributed by atoms with van der Waals surface area (Å²) in [5.74, 6) is -0.700. The highest BCUT2D eigenvalue weighted by atomic mass is 79.9. The fourth-order valence-corrected chi connectivity index (χ4v) is 5.14. The maximum absolute atomic E-state index is 13.3. The second-order valence-electron chi connectivity index (χ2n) is 7.32. The van der Waals surface area contributed by atoms with Crippen LogP contribution < -0.4 is 5.43 Å². The van der Waals surface area contributed by atoms with E-state index in [0.717, 1.165) is 9.87 Å². The van der Waals surface area contributed by atoms with E-state index in [-0.39, 0.29) is 22.2 Å². The molecule has 0 saturated heterocycles. The summed E-state index contributed by atoms with van der Waals surface area (Å²) in [6.07, 6.45) is 1.26. The molecule has 0 aliphatic heterocycles. The Morgan fingerprint density at radius 1 is 1.12 bits per heavy atom. The van der Waals surface area contributed by atoms with Gasteiger partial charge >= 0.3 is 0 Å². The lowest BCUT2D eigenvalue weighted by Crippen LogP contribution is -2.39. The molecule has 0 aliphatic rings. The van der Waals surface area contributed by atoms with E-state index in [9.17, 15) is 18.3 Å². The van der Waals surface area contributed by atoms with Crippen molar-refractivity contribution < 1.29 is 18.3 Å². The maximum atomic E-state index is 13.3. The molecule has 0 saturated carbocycles. The van der Waals surface area contributed by atoms with E-state index in [1.54, 1.807) is 36.4 Å². The van der Waals surface area contributed by atoms with Gasteiger partial charge in [0.15, 0.2) is 0 Å². The molecule has 3 aromatic carbocycles. The molecule has 0 radical (unpaired) electrons. The summed E-state index contributed by atoms with van der Waals surface area (Å²) in [7, 11) is -4.04. The third-order valence-electron chi connectivity index (χ3n) is 4.72. The molecule has 2 N–H and O–H groups in total. The van der Waals surface area contributed by atoms with E-state index in [4.69, 9.17) is 23.2 Å². The number of phenols is 1. The van der Waals surface area contributed by atoms with Crippen LogP contribution in [-0.4, -0.2) is 36.5 Å². The summed E-state index contributed by atoms with van der Waals surface area (Å²) < 4.78 is 28.4. The molecule has 7 nitrogen and oxygen atoms in total. The van der Waals surface area contributed by atoms with Crippen LogP contribution in [0.15, 0.2) is 75.1 Å². The first-order chi connectivity index (χ1) is 16.1. The molecule has 1 amide bonds. The molecule has 0 bridgehead atoms. The van der Waals surface area contributed by atoms with Crippen molar-refractivity contribution in [1.29, 1.82) is 0 Å². The highest BCUT2D eigenvalue weighted by molar-refractivity contribution is 9.10. The first-order valence-electron chi connectivity index (χ1n) is 9.87. The summed E-state index contributed by atoms with van der Waals surface area (Å²) in [6, 6.07) is 15.7. The van der Waals surface area contributed by atoms with Crippen molar-refractivity contribution in [1.82, 2.24) is 9.73 Å². The van der Waals surface area contributed by atoms with Gasteiger partial charge in [0.2, 0.25) is 10.0 Å². The van der Waals surface area contributed by atoms with E-state index in [1.807, 2.05) is 6.92 Å². The third-order valence-corrected chi connectivity index (χ3v) is 7.61. The lowest BCUT2D eigenvalue weighted by molar-refractivity contribution is -0.121. The van der Waals surface area contributed by atoms with E-state index in [1.165, 1.54) is 30.5 Å². The normalized spacial score (nSPS) is 11.8. The van der Waals surface area contributed by atoms with Crippen LogP contribution in [-0.2, 0) is 21.4 Å². The Balaban J connectivity index is 1.84. The van der Waals surface area contributed by atoms with E-state index < -0.39 is 22.5 Å². The number of amides is 1. The number of sulfonamides is 1. The first-order valence-corrected chi connectivity index (χ1v) is 12.9. The lowest BCUT2D eigenvalue weighted by Gasteiger charge is -2.22. The number of benzene rings is 3. The first kappa shape index (κ1) is 26.2. The molecule has 0 fully saturated rings. The van der Waals surface area contributed by atoms with E-state index >= 15 is 0 Å². The zero-order valence-electron chi connectivity index (χ0n) is 17.9. The Morgan fingerprint density at radius 2 is 1.82 bits per heavy atom. The molecule has 0 unspecified atom stereocenters. The fraction of sp³-hybridized carbons (Fsp3) is 0.130. The summed E-state index contributed by atoms with van der Waals surface area (Å²) in [6.45, 7) is 1.17. The minimum atomic E-state index is -4.04. The number of hydrazone groups is 1. The van der Waals surface area contributed by atoms with Gasteiger partial charge in [0.05, 0.1) is 17.7 Å². The van der Waals surface area contributed by atoms with E-state index in [0.29, 0.717) is 20.6 Å².